The average Bonchev–Trinajstić information content (AvgIpc) is 2.84. The van der Waals surface area contributed by atoms with Gasteiger partial charge in [-0.15, -0.1) is 0 Å². The van der Waals surface area contributed by atoms with Crippen LogP contribution in [0.15, 0.2) is 41.4 Å². The molecule has 1 heterocycles. The van der Waals surface area contributed by atoms with Gasteiger partial charge in [-0.3, -0.25) is 14.5 Å². The molecule has 0 aromatic heterocycles. The summed E-state index contributed by atoms with van der Waals surface area (Å²) in [5.41, 5.74) is 0.868. The first-order chi connectivity index (χ1) is 12.0. The first-order valence-electron chi connectivity index (χ1n) is 8.45. The SMILES string of the molecule is CCOC(=O)[C@H](Cc1ccccc1)N1C(=O)[C@H]2CC=C(Cl)C[C@H]2C1=O. The highest BCUT2D eigenvalue weighted by Gasteiger charge is 2.52. The molecule has 2 aliphatic rings. The summed E-state index contributed by atoms with van der Waals surface area (Å²) in [5, 5.41) is 0.597. The summed E-state index contributed by atoms with van der Waals surface area (Å²) in [7, 11) is 0. The van der Waals surface area contributed by atoms with E-state index in [9.17, 15) is 14.4 Å². The number of nitrogens with zero attached hydrogens (tertiary/aromatic N) is 1. The molecule has 5 nitrogen and oxygen atoms in total. The van der Waals surface area contributed by atoms with Crippen LogP contribution in [0.3, 0.4) is 0 Å². The van der Waals surface area contributed by atoms with Crippen LogP contribution in [0.25, 0.3) is 0 Å². The predicted molar refractivity (Wildman–Crippen MR) is 92.6 cm³/mol. The number of rotatable bonds is 5. The summed E-state index contributed by atoms with van der Waals surface area (Å²) >= 11 is 6.05. The number of benzene rings is 1. The van der Waals surface area contributed by atoms with Gasteiger partial charge in [0.1, 0.15) is 6.04 Å². The number of hydrogen-bond donors (Lipinski definition) is 0. The molecule has 0 bridgehead atoms. The third-order valence-electron chi connectivity index (χ3n) is 4.75. The summed E-state index contributed by atoms with van der Waals surface area (Å²) in [6.07, 6.45) is 2.82. The van der Waals surface area contributed by atoms with Crippen LogP contribution >= 0.6 is 11.6 Å². The summed E-state index contributed by atoms with van der Waals surface area (Å²) < 4.78 is 5.14. The molecule has 0 unspecified atom stereocenters. The van der Waals surface area contributed by atoms with E-state index in [1.54, 1.807) is 13.0 Å². The van der Waals surface area contributed by atoms with Crippen molar-refractivity contribution in [2.45, 2.75) is 32.2 Å². The number of likely N-dealkylation sites (tertiary alicyclic amines) is 1. The zero-order valence-electron chi connectivity index (χ0n) is 14.0. The Morgan fingerprint density at radius 1 is 1.24 bits per heavy atom. The van der Waals surface area contributed by atoms with Gasteiger partial charge in [0.05, 0.1) is 18.4 Å². The second kappa shape index (κ2) is 7.40. The fraction of sp³-hybridized carbons (Fsp3) is 0.421. The van der Waals surface area contributed by atoms with Crippen molar-refractivity contribution in [3.63, 3.8) is 0 Å². The van der Waals surface area contributed by atoms with E-state index < -0.39 is 23.8 Å². The van der Waals surface area contributed by atoms with Crippen LogP contribution in [0.4, 0.5) is 0 Å². The molecular weight excluding hydrogens is 342 g/mol. The topological polar surface area (TPSA) is 63.7 Å². The van der Waals surface area contributed by atoms with E-state index in [-0.39, 0.29) is 24.8 Å². The summed E-state index contributed by atoms with van der Waals surface area (Å²) in [6.45, 7) is 1.90. The van der Waals surface area contributed by atoms with E-state index in [4.69, 9.17) is 16.3 Å². The molecule has 0 radical (unpaired) electrons. The first kappa shape index (κ1) is 17.7. The fourth-order valence-electron chi connectivity index (χ4n) is 3.52. The van der Waals surface area contributed by atoms with Gasteiger partial charge in [0.2, 0.25) is 11.8 Å². The molecule has 0 saturated carbocycles. The maximum atomic E-state index is 12.8. The van der Waals surface area contributed by atoms with Crippen LogP contribution in [0.2, 0.25) is 0 Å². The zero-order chi connectivity index (χ0) is 18.0. The monoisotopic (exact) mass is 361 g/mol. The van der Waals surface area contributed by atoms with Crippen molar-refractivity contribution in [2.75, 3.05) is 6.61 Å². The van der Waals surface area contributed by atoms with E-state index in [2.05, 4.69) is 0 Å². The van der Waals surface area contributed by atoms with Gasteiger partial charge in [-0.05, 0) is 25.3 Å². The normalized spacial score (nSPS) is 23.9. The second-order valence-corrected chi connectivity index (χ2v) is 6.79. The highest BCUT2D eigenvalue weighted by atomic mass is 35.5. The maximum absolute atomic E-state index is 12.8. The van der Waals surface area contributed by atoms with Crippen LogP contribution in [0.1, 0.15) is 25.3 Å². The van der Waals surface area contributed by atoms with Gasteiger partial charge in [-0.25, -0.2) is 4.79 Å². The standard InChI is InChI=1S/C19H20ClNO4/c1-2-25-19(24)16(10-12-6-4-3-5-7-12)21-17(22)14-9-8-13(20)11-15(14)18(21)23/h3-8,14-16H,2,9-11H2,1H3/t14-,15+,16-/m0/s1. The number of halogens is 1. The number of hydrogen-bond acceptors (Lipinski definition) is 4. The lowest BCUT2D eigenvalue weighted by Gasteiger charge is -2.25. The minimum Gasteiger partial charge on any atom is -0.464 e. The van der Waals surface area contributed by atoms with Crippen LogP contribution in [0.5, 0.6) is 0 Å². The minimum absolute atomic E-state index is 0.195. The Kier molecular flexibility index (Phi) is 5.23. The molecule has 1 saturated heterocycles. The fourth-order valence-corrected chi connectivity index (χ4v) is 3.77. The van der Waals surface area contributed by atoms with Gasteiger partial charge in [-0.2, -0.15) is 0 Å². The number of esters is 1. The number of carbonyl (C=O) groups is 3. The summed E-state index contributed by atoms with van der Waals surface area (Å²) in [6, 6.07) is 8.37. The van der Waals surface area contributed by atoms with Gasteiger partial charge in [-0.1, -0.05) is 48.0 Å². The van der Waals surface area contributed by atoms with Gasteiger partial charge >= 0.3 is 5.97 Å². The third kappa shape index (κ3) is 3.47. The lowest BCUT2D eigenvalue weighted by molar-refractivity contribution is -0.158. The van der Waals surface area contributed by atoms with E-state index in [0.29, 0.717) is 17.9 Å². The number of ether oxygens (including phenoxy) is 1. The van der Waals surface area contributed by atoms with Crippen molar-refractivity contribution in [2.24, 2.45) is 11.8 Å². The maximum Gasteiger partial charge on any atom is 0.329 e. The van der Waals surface area contributed by atoms with Gasteiger partial charge in [0, 0.05) is 11.5 Å². The molecule has 0 N–H and O–H groups in total. The molecule has 1 aliphatic carbocycles. The minimum atomic E-state index is -0.938. The van der Waals surface area contributed by atoms with Crippen molar-refractivity contribution in [1.29, 1.82) is 0 Å². The number of carbonyl (C=O) groups excluding carboxylic acids is 3. The van der Waals surface area contributed by atoms with E-state index in [1.807, 2.05) is 30.3 Å². The van der Waals surface area contributed by atoms with Crippen LogP contribution in [0, 0.1) is 11.8 Å². The molecule has 2 amide bonds. The van der Waals surface area contributed by atoms with Gasteiger partial charge < -0.3 is 4.74 Å². The molecule has 1 aliphatic heterocycles. The summed E-state index contributed by atoms with van der Waals surface area (Å²) in [4.78, 5) is 39.3. The summed E-state index contributed by atoms with van der Waals surface area (Å²) in [5.74, 6) is -2.08. The Morgan fingerprint density at radius 2 is 1.92 bits per heavy atom. The van der Waals surface area contributed by atoms with E-state index in [0.717, 1.165) is 10.5 Å². The lowest BCUT2D eigenvalue weighted by atomic mass is 9.85. The van der Waals surface area contributed by atoms with Crippen molar-refractivity contribution in [3.8, 4) is 0 Å². The Morgan fingerprint density at radius 3 is 2.60 bits per heavy atom. The molecule has 6 heteroatoms. The third-order valence-corrected chi connectivity index (χ3v) is 5.05. The highest BCUT2D eigenvalue weighted by molar-refractivity contribution is 6.30. The van der Waals surface area contributed by atoms with E-state index in [1.165, 1.54) is 0 Å². The molecule has 1 fully saturated rings. The molecule has 132 valence electrons. The van der Waals surface area contributed by atoms with Gasteiger partial charge in [0.15, 0.2) is 0 Å². The molecule has 1 aromatic rings. The Balaban J connectivity index is 1.89. The van der Waals surface area contributed by atoms with Crippen molar-refractivity contribution >= 4 is 29.4 Å². The highest BCUT2D eigenvalue weighted by Crippen LogP contribution is 2.40. The average molecular weight is 362 g/mol. The van der Waals surface area contributed by atoms with Crippen LogP contribution in [-0.4, -0.2) is 35.3 Å². The largest absolute Gasteiger partial charge is 0.464 e. The predicted octanol–water partition coefficient (Wildman–Crippen LogP) is 2.68. The van der Waals surface area contributed by atoms with Crippen molar-refractivity contribution in [3.05, 3.63) is 47.0 Å². The van der Waals surface area contributed by atoms with Crippen LogP contribution < -0.4 is 0 Å². The zero-order valence-corrected chi connectivity index (χ0v) is 14.7. The van der Waals surface area contributed by atoms with E-state index >= 15 is 0 Å². The first-order valence-corrected chi connectivity index (χ1v) is 8.82. The number of fused-ring (bicyclic) bond motifs is 1. The molecule has 0 spiro atoms. The lowest BCUT2D eigenvalue weighted by Crippen LogP contribution is -2.47. The molecule has 1 aromatic carbocycles. The Labute approximate surface area is 151 Å². The molecular formula is C19H20ClNO4. The van der Waals surface area contributed by atoms with Crippen molar-refractivity contribution in [1.82, 2.24) is 4.90 Å². The molecule has 3 rings (SSSR count). The number of amides is 2. The quantitative estimate of drug-likeness (QED) is 0.597. The second-order valence-electron chi connectivity index (χ2n) is 6.31. The van der Waals surface area contributed by atoms with Crippen molar-refractivity contribution < 1.29 is 19.1 Å². The van der Waals surface area contributed by atoms with Crippen LogP contribution in [-0.2, 0) is 25.5 Å². The number of imide groups is 1. The smallest absolute Gasteiger partial charge is 0.329 e. The molecule has 3 atom stereocenters. The number of allylic oxidation sites excluding steroid dienone is 2. The Hall–Kier alpha value is -2.14. The van der Waals surface area contributed by atoms with Gasteiger partial charge in [0.25, 0.3) is 0 Å². The molecule has 25 heavy (non-hydrogen) atoms. The Bertz CT molecular complexity index is 715.